The predicted molar refractivity (Wildman–Crippen MR) is 141 cm³/mol. The summed E-state index contributed by atoms with van der Waals surface area (Å²) in [6, 6.07) is 4.14. The minimum absolute atomic E-state index is 0.115. The number of fused-ring (bicyclic) bond motifs is 3. The van der Waals surface area contributed by atoms with E-state index in [0.29, 0.717) is 67.4 Å². The number of hydrogen-bond acceptors (Lipinski definition) is 9. The molecule has 2 aromatic heterocycles. The molecule has 4 N–H and O–H groups in total. The molecular formula is C25H28ClF2N7O3. The molecule has 0 bridgehead atoms. The van der Waals surface area contributed by atoms with Crippen molar-refractivity contribution in [1.82, 2.24) is 19.9 Å². The fourth-order valence-electron chi connectivity index (χ4n) is 5.10. The van der Waals surface area contributed by atoms with E-state index in [0.717, 1.165) is 0 Å². The number of aliphatic hydroxyl groups excluding tert-OH is 1. The molecule has 10 nitrogen and oxygen atoms in total. The Hall–Kier alpha value is -3.22. The minimum Gasteiger partial charge on any atom is -0.480 e. The first-order chi connectivity index (χ1) is 18.2. The van der Waals surface area contributed by atoms with Crippen LogP contribution in [0.3, 0.4) is 0 Å². The summed E-state index contributed by atoms with van der Waals surface area (Å²) in [5.41, 5.74) is 0.936. The predicted octanol–water partition coefficient (Wildman–Crippen LogP) is 2.71. The van der Waals surface area contributed by atoms with Crippen LogP contribution < -0.4 is 31.1 Å². The van der Waals surface area contributed by atoms with Crippen molar-refractivity contribution < 1.29 is 18.6 Å². The molecule has 6 rings (SSSR count). The molecule has 2 atom stereocenters. The van der Waals surface area contributed by atoms with Crippen LogP contribution in [0.5, 0.6) is 5.75 Å². The van der Waals surface area contributed by atoms with Crippen LogP contribution in [-0.2, 0) is 7.05 Å². The molecule has 1 aliphatic carbocycles. The van der Waals surface area contributed by atoms with Crippen LogP contribution in [0.15, 0.2) is 29.2 Å². The molecule has 1 unspecified atom stereocenters. The second kappa shape index (κ2) is 9.51. The van der Waals surface area contributed by atoms with Crippen molar-refractivity contribution in [2.24, 2.45) is 13.0 Å². The van der Waals surface area contributed by atoms with Crippen LogP contribution >= 0.6 is 11.6 Å². The van der Waals surface area contributed by atoms with Crippen molar-refractivity contribution in [3.8, 4) is 5.75 Å². The number of alkyl halides is 2. The molecule has 1 aromatic carbocycles. The minimum atomic E-state index is -3.12. The highest BCUT2D eigenvalue weighted by molar-refractivity contribution is 6.32. The molecule has 2 aliphatic heterocycles. The molecule has 1 saturated carbocycles. The Kier molecular flexibility index (Phi) is 6.28. The zero-order chi connectivity index (χ0) is 26.6. The topological polar surface area (TPSA) is 117 Å². The van der Waals surface area contributed by atoms with Gasteiger partial charge in [-0.2, -0.15) is 4.98 Å². The summed E-state index contributed by atoms with van der Waals surface area (Å²) in [6.07, 6.45) is 2.34. The van der Waals surface area contributed by atoms with Crippen molar-refractivity contribution in [1.29, 1.82) is 0 Å². The van der Waals surface area contributed by atoms with E-state index in [9.17, 15) is 18.7 Å². The number of nitrogens with one attached hydrogen (secondary N) is 3. The molecular weight excluding hydrogens is 520 g/mol. The Morgan fingerprint density at radius 2 is 2.13 bits per heavy atom. The zero-order valence-corrected chi connectivity index (χ0v) is 21.4. The maximum Gasteiger partial charge on any atom is 0.301 e. The quantitative estimate of drug-likeness (QED) is 0.391. The van der Waals surface area contributed by atoms with Gasteiger partial charge in [0, 0.05) is 44.3 Å². The van der Waals surface area contributed by atoms with Gasteiger partial charge in [-0.15, -0.1) is 0 Å². The fourth-order valence-corrected chi connectivity index (χ4v) is 5.23. The average molecular weight is 548 g/mol. The number of aliphatic hydroxyl groups is 1. The van der Waals surface area contributed by atoms with Gasteiger partial charge >= 0.3 is 5.92 Å². The number of β-amino-alcohol motifs (C(OH)–C–C–N with tert-alkyl or cyclic N) is 1. The third kappa shape index (κ3) is 4.61. The third-order valence-corrected chi connectivity index (χ3v) is 7.53. The van der Waals surface area contributed by atoms with Crippen LogP contribution in [-0.4, -0.2) is 70.5 Å². The van der Waals surface area contributed by atoms with E-state index in [1.807, 2.05) is 4.90 Å². The number of aromatic nitrogens is 3. The van der Waals surface area contributed by atoms with Crippen molar-refractivity contribution in [2.45, 2.75) is 30.9 Å². The van der Waals surface area contributed by atoms with Crippen molar-refractivity contribution in [3.05, 3.63) is 39.8 Å². The lowest BCUT2D eigenvalue weighted by atomic mass is 10.0. The van der Waals surface area contributed by atoms with Gasteiger partial charge in [-0.1, -0.05) is 11.6 Å². The van der Waals surface area contributed by atoms with Crippen LogP contribution in [0.2, 0.25) is 5.02 Å². The first-order valence-electron chi connectivity index (χ1n) is 12.6. The molecule has 13 heteroatoms. The molecule has 3 aromatic rings. The Bertz CT molecular complexity index is 1450. The standard InChI is InChI=1S/C25H28ClF2N7O3/c1-34-18-5-4-14(31-22-17(26)10-30-24(33-22)35-7-6-29-9-15(36)11-35)8-16(18)19-20(23(34)37)38-12-25(27,28)21(32-19)13-2-3-13/h4-5,8,10,13,15,21,29,32,36H,2-3,6-7,9,11-12H2,1H3,(H,30,31,33)/t15?,21-/m0/s1. The number of rotatable bonds is 4. The lowest BCUT2D eigenvalue weighted by Gasteiger charge is -2.25. The number of hydrogen-bond donors (Lipinski definition) is 4. The molecule has 0 spiro atoms. The summed E-state index contributed by atoms with van der Waals surface area (Å²) in [4.78, 5) is 23.8. The smallest absolute Gasteiger partial charge is 0.301 e. The number of nitrogens with zero attached hydrogens (tertiary/aromatic N) is 4. The summed E-state index contributed by atoms with van der Waals surface area (Å²) in [5.74, 6) is -2.64. The highest BCUT2D eigenvalue weighted by Crippen LogP contribution is 2.45. The lowest BCUT2D eigenvalue weighted by molar-refractivity contribution is -0.0579. The molecule has 4 heterocycles. The van der Waals surface area contributed by atoms with Crippen molar-refractivity contribution in [3.63, 3.8) is 0 Å². The van der Waals surface area contributed by atoms with Gasteiger partial charge in [-0.25, -0.2) is 13.8 Å². The largest absolute Gasteiger partial charge is 0.480 e. The molecule has 2 fully saturated rings. The Morgan fingerprint density at radius 3 is 2.92 bits per heavy atom. The van der Waals surface area contributed by atoms with E-state index < -0.39 is 30.2 Å². The molecule has 3 aliphatic rings. The van der Waals surface area contributed by atoms with E-state index in [-0.39, 0.29) is 22.4 Å². The molecule has 0 radical (unpaired) electrons. The maximum absolute atomic E-state index is 14.9. The van der Waals surface area contributed by atoms with Gasteiger partial charge in [0.1, 0.15) is 5.02 Å². The van der Waals surface area contributed by atoms with Crippen LogP contribution in [0.25, 0.3) is 10.9 Å². The summed E-state index contributed by atoms with van der Waals surface area (Å²) >= 11 is 6.41. The number of ether oxygens (including phenoxy) is 1. The summed E-state index contributed by atoms with van der Waals surface area (Å²) in [5, 5.41) is 20.3. The Morgan fingerprint density at radius 1 is 1.32 bits per heavy atom. The van der Waals surface area contributed by atoms with Gasteiger partial charge in [0.15, 0.2) is 12.4 Å². The first-order valence-corrected chi connectivity index (χ1v) is 13.0. The number of anilines is 4. The molecule has 0 amide bonds. The zero-order valence-electron chi connectivity index (χ0n) is 20.7. The first kappa shape index (κ1) is 25.1. The van der Waals surface area contributed by atoms with Gasteiger partial charge in [0.05, 0.1) is 29.5 Å². The van der Waals surface area contributed by atoms with Gasteiger partial charge in [-0.3, -0.25) is 4.79 Å². The molecule has 202 valence electrons. The van der Waals surface area contributed by atoms with E-state index in [2.05, 4.69) is 25.9 Å². The van der Waals surface area contributed by atoms with Gasteiger partial charge in [0.2, 0.25) is 11.7 Å². The van der Waals surface area contributed by atoms with E-state index in [1.165, 1.54) is 10.8 Å². The summed E-state index contributed by atoms with van der Waals surface area (Å²) in [6.45, 7) is 1.31. The normalized spacial score (nSPS) is 23.1. The second-order valence-corrected chi connectivity index (χ2v) is 10.5. The van der Waals surface area contributed by atoms with Crippen LogP contribution in [0, 0.1) is 5.92 Å². The van der Waals surface area contributed by atoms with E-state index in [1.54, 1.807) is 25.2 Å². The van der Waals surface area contributed by atoms with E-state index >= 15 is 0 Å². The Labute approximate surface area is 222 Å². The van der Waals surface area contributed by atoms with Crippen LogP contribution in [0.4, 0.5) is 31.9 Å². The van der Waals surface area contributed by atoms with Crippen molar-refractivity contribution in [2.75, 3.05) is 48.3 Å². The Balaban J connectivity index is 1.38. The number of benzene rings is 1. The lowest BCUT2D eigenvalue weighted by Crippen LogP contribution is -2.44. The van der Waals surface area contributed by atoms with Gasteiger partial charge < -0.3 is 35.3 Å². The monoisotopic (exact) mass is 547 g/mol. The second-order valence-electron chi connectivity index (χ2n) is 10.1. The molecule has 38 heavy (non-hydrogen) atoms. The fraction of sp³-hybridized carbons (Fsp3) is 0.480. The number of aryl methyl sites for hydroxylation is 1. The number of halogens is 3. The SMILES string of the molecule is Cn1c(=O)c2c(c3cc(Nc4nc(N5CCNCC(O)C5)ncc4Cl)ccc31)N[C@@H](C1CC1)C(F)(F)CO2. The summed E-state index contributed by atoms with van der Waals surface area (Å²) in [7, 11) is 1.58. The average Bonchev–Trinajstić information content (AvgIpc) is 3.74. The van der Waals surface area contributed by atoms with Gasteiger partial charge in [-0.05, 0) is 37.0 Å². The maximum atomic E-state index is 14.9. The van der Waals surface area contributed by atoms with Crippen LogP contribution in [0.1, 0.15) is 12.8 Å². The number of pyridine rings is 1. The highest BCUT2D eigenvalue weighted by atomic mass is 35.5. The van der Waals surface area contributed by atoms with E-state index in [4.69, 9.17) is 16.3 Å². The summed E-state index contributed by atoms with van der Waals surface area (Å²) < 4.78 is 36.6. The van der Waals surface area contributed by atoms with Crippen molar-refractivity contribution >= 4 is 45.6 Å². The molecule has 1 saturated heterocycles. The third-order valence-electron chi connectivity index (χ3n) is 7.26. The van der Waals surface area contributed by atoms with Gasteiger partial charge in [0.25, 0.3) is 5.56 Å². The highest BCUT2D eigenvalue weighted by Gasteiger charge is 2.51.